The fraction of sp³-hybridized carbons (Fsp3) is 0.316. The lowest BCUT2D eigenvalue weighted by atomic mass is 10.0. The van der Waals surface area contributed by atoms with Gasteiger partial charge in [-0.2, -0.15) is 5.10 Å². The van der Waals surface area contributed by atoms with Gasteiger partial charge in [-0.05, 0) is 31.9 Å². The van der Waals surface area contributed by atoms with Gasteiger partial charge in [-0.25, -0.2) is 4.98 Å². The molecule has 6 nitrogen and oxygen atoms in total. The lowest BCUT2D eigenvalue weighted by molar-refractivity contribution is 0.0734. The Labute approximate surface area is 145 Å². The van der Waals surface area contributed by atoms with Crippen LogP contribution in [0.4, 0.5) is 0 Å². The minimum absolute atomic E-state index is 0.00315. The Morgan fingerprint density at radius 1 is 1.36 bits per heavy atom. The number of likely N-dealkylation sites (tertiary alicyclic amines) is 1. The lowest BCUT2D eigenvalue weighted by Crippen LogP contribution is -2.30. The number of aromatic nitrogens is 3. The maximum atomic E-state index is 13.1. The number of hydrogen-bond donors (Lipinski definition) is 1. The van der Waals surface area contributed by atoms with Crippen molar-refractivity contribution in [2.45, 2.75) is 25.8 Å². The molecule has 0 saturated carbocycles. The monoisotopic (exact) mass is 336 g/mol. The summed E-state index contributed by atoms with van der Waals surface area (Å²) in [6.07, 6.45) is 3.54. The van der Waals surface area contributed by atoms with Gasteiger partial charge in [0.05, 0.1) is 24.4 Å². The van der Waals surface area contributed by atoms with Crippen LogP contribution in [0.1, 0.15) is 40.5 Å². The van der Waals surface area contributed by atoms with E-state index < -0.39 is 0 Å². The van der Waals surface area contributed by atoms with Crippen molar-refractivity contribution in [1.82, 2.24) is 20.1 Å². The number of benzene rings is 1. The number of H-pyrrole nitrogens is 1. The molecule has 1 amide bonds. The number of nitrogens with one attached hydrogen (secondary N) is 1. The van der Waals surface area contributed by atoms with E-state index in [4.69, 9.17) is 4.74 Å². The first kappa shape index (κ1) is 15.6. The summed E-state index contributed by atoms with van der Waals surface area (Å²) in [6, 6.07) is 9.82. The zero-order valence-electron chi connectivity index (χ0n) is 14.3. The number of fused-ring (bicyclic) bond motifs is 1. The molecule has 0 radical (unpaired) electrons. The molecular weight excluding hydrogens is 316 g/mol. The molecule has 0 unspecified atom stereocenters. The second-order valence-electron chi connectivity index (χ2n) is 6.33. The van der Waals surface area contributed by atoms with Crippen LogP contribution in [0.3, 0.4) is 0 Å². The highest BCUT2D eigenvalue weighted by molar-refractivity contribution is 5.97. The largest absolute Gasteiger partial charge is 0.496 e. The SMILES string of the molecule is COc1ccccc1[C@H]1CCCN1C(=O)c1cnc2[nH]nc(C)c2c1. The summed E-state index contributed by atoms with van der Waals surface area (Å²) in [5.41, 5.74) is 3.21. The molecule has 25 heavy (non-hydrogen) atoms. The van der Waals surface area contributed by atoms with Gasteiger partial charge in [0.25, 0.3) is 5.91 Å². The van der Waals surface area contributed by atoms with Crippen LogP contribution in [-0.2, 0) is 0 Å². The molecule has 0 spiro atoms. The average Bonchev–Trinajstić information content (AvgIpc) is 3.28. The Hall–Kier alpha value is -2.89. The number of methoxy groups -OCH3 is 1. The van der Waals surface area contributed by atoms with Crippen LogP contribution >= 0.6 is 0 Å². The van der Waals surface area contributed by atoms with Crippen molar-refractivity contribution in [1.29, 1.82) is 0 Å². The molecule has 3 heterocycles. The molecule has 4 rings (SSSR count). The number of rotatable bonds is 3. The molecule has 1 aromatic carbocycles. The van der Waals surface area contributed by atoms with Crippen molar-refractivity contribution in [2.24, 2.45) is 0 Å². The zero-order valence-corrected chi connectivity index (χ0v) is 14.3. The number of para-hydroxylation sites is 1. The van der Waals surface area contributed by atoms with E-state index in [2.05, 4.69) is 15.2 Å². The van der Waals surface area contributed by atoms with Crippen LogP contribution in [0.25, 0.3) is 11.0 Å². The van der Waals surface area contributed by atoms with Crippen LogP contribution < -0.4 is 4.74 Å². The van der Waals surface area contributed by atoms with Crippen molar-refractivity contribution in [3.8, 4) is 5.75 Å². The maximum Gasteiger partial charge on any atom is 0.255 e. The molecule has 0 bridgehead atoms. The quantitative estimate of drug-likeness (QED) is 0.797. The van der Waals surface area contributed by atoms with E-state index in [0.717, 1.165) is 41.8 Å². The third-order valence-corrected chi connectivity index (χ3v) is 4.87. The predicted molar refractivity (Wildman–Crippen MR) is 94.6 cm³/mol. The molecule has 1 aliphatic rings. The highest BCUT2D eigenvalue weighted by atomic mass is 16.5. The van der Waals surface area contributed by atoms with Crippen molar-refractivity contribution in [2.75, 3.05) is 13.7 Å². The van der Waals surface area contributed by atoms with Crippen molar-refractivity contribution >= 4 is 16.9 Å². The number of aromatic amines is 1. The normalized spacial score (nSPS) is 17.2. The van der Waals surface area contributed by atoms with Gasteiger partial charge in [0, 0.05) is 23.7 Å². The first-order valence-corrected chi connectivity index (χ1v) is 8.43. The van der Waals surface area contributed by atoms with E-state index in [-0.39, 0.29) is 11.9 Å². The zero-order chi connectivity index (χ0) is 17.4. The number of amides is 1. The molecule has 2 aromatic heterocycles. The average molecular weight is 336 g/mol. The van der Waals surface area contributed by atoms with Crippen LogP contribution in [0.5, 0.6) is 5.75 Å². The first-order valence-electron chi connectivity index (χ1n) is 8.43. The highest BCUT2D eigenvalue weighted by Gasteiger charge is 2.32. The van der Waals surface area contributed by atoms with Crippen molar-refractivity contribution in [3.05, 3.63) is 53.3 Å². The van der Waals surface area contributed by atoms with E-state index in [1.165, 1.54) is 0 Å². The molecule has 0 aliphatic carbocycles. The highest BCUT2D eigenvalue weighted by Crippen LogP contribution is 2.37. The van der Waals surface area contributed by atoms with Gasteiger partial charge in [-0.3, -0.25) is 9.89 Å². The minimum Gasteiger partial charge on any atom is -0.496 e. The van der Waals surface area contributed by atoms with Gasteiger partial charge in [-0.1, -0.05) is 18.2 Å². The minimum atomic E-state index is 0.00315. The Morgan fingerprint density at radius 2 is 2.20 bits per heavy atom. The topological polar surface area (TPSA) is 71.1 Å². The van der Waals surface area contributed by atoms with Crippen molar-refractivity contribution < 1.29 is 9.53 Å². The number of pyridine rings is 1. The lowest BCUT2D eigenvalue weighted by Gasteiger charge is -2.26. The molecule has 1 N–H and O–H groups in total. The summed E-state index contributed by atoms with van der Waals surface area (Å²) in [5.74, 6) is 0.829. The number of carbonyl (C=O) groups excluding carboxylic acids is 1. The Balaban J connectivity index is 1.69. The number of carbonyl (C=O) groups is 1. The second kappa shape index (κ2) is 6.20. The van der Waals surface area contributed by atoms with Crippen molar-refractivity contribution in [3.63, 3.8) is 0 Å². The molecule has 6 heteroatoms. The van der Waals surface area contributed by atoms with Crippen LogP contribution in [-0.4, -0.2) is 39.6 Å². The van der Waals surface area contributed by atoms with Gasteiger partial charge < -0.3 is 9.64 Å². The molecule has 128 valence electrons. The molecule has 1 aliphatic heterocycles. The van der Waals surface area contributed by atoms with Gasteiger partial charge in [-0.15, -0.1) is 0 Å². The molecule has 1 atom stereocenters. The summed E-state index contributed by atoms with van der Waals surface area (Å²) in [6.45, 7) is 2.65. The third-order valence-electron chi connectivity index (χ3n) is 4.87. The smallest absolute Gasteiger partial charge is 0.255 e. The van der Waals surface area contributed by atoms with Crippen LogP contribution in [0, 0.1) is 6.92 Å². The summed E-state index contributed by atoms with van der Waals surface area (Å²) < 4.78 is 5.49. The number of aryl methyl sites for hydroxylation is 1. The predicted octanol–water partition coefficient (Wildman–Crippen LogP) is 3.25. The maximum absolute atomic E-state index is 13.1. The van der Waals surface area contributed by atoms with E-state index in [1.54, 1.807) is 13.3 Å². The fourth-order valence-corrected chi connectivity index (χ4v) is 3.58. The van der Waals surface area contributed by atoms with E-state index in [0.29, 0.717) is 11.2 Å². The van der Waals surface area contributed by atoms with Gasteiger partial charge in [0.15, 0.2) is 5.65 Å². The molecule has 1 saturated heterocycles. The molecule has 3 aromatic rings. The number of ether oxygens (including phenoxy) is 1. The summed E-state index contributed by atoms with van der Waals surface area (Å²) >= 11 is 0. The second-order valence-corrected chi connectivity index (χ2v) is 6.33. The van der Waals surface area contributed by atoms with Gasteiger partial charge in [0.2, 0.25) is 0 Å². The summed E-state index contributed by atoms with van der Waals surface area (Å²) in [4.78, 5) is 19.4. The van der Waals surface area contributed by atoms with E-state index >= 15 is 0 Å². The van der Waals surface area contributed by atoms with E-state index in [9.17, 15) is 4.79 Å². The number of nitrogens with zero attached hydrogens (tertiary/aromatic N) is 3. The summed E-state index contributed by atoms with van der Waals surface area (Å²) in [7, 11) is 1.67. The summed E-state index contributed by atoms with van der Waals surface area (Å²) in [5, 5.41) is 7.91. The fourth-order valence-electron chi connectivity index (χ4n) is 3.58. The Morgan fingerprint density at radius 3 is 3.04 bits per heavy atom. The van der Waals surface area contributed by atoms with Crippen LogP contribution in [0.15, 0.2) is 36.5 Å². The number of hydrogen-bond acceptors (Lipinski definition) is 4. The standard InChI is InChI=1S/C19H20N4O2/c1-12-15-10-13(11-20-18(15)22-21-12)19(24)23-9-5-7-16(23)14-6-3-4-8-17(14)25-2/h3-4,6,8,10-11,16H,5,7,9H2,1-2H3,(H,20,21,22)/t16-/m1/s1. The third kappa shape index (κ3) is 2.63. The molecule has 1 fully saturated rings. The Bertz CT molecular complexity index is 934. The molecular formula is C19H20N4O2. The van der Waals surface area contributed by atoms with E-state index in [1.807, 2.05) is 42.2 Å². The van der Waals surface area contributed by atoms with Gasteiger partial charge >= 0.3 is 0 Å². The van der Waals surface area contributed by atoms with Gasteiger partial charge in [0.1, 0.15) is 5.75 Å². The first-order chi connectivity index (χ1) is 12.2. The van der Waals surface area contributed by atoms with Crippen LogP contribution in [0.2, 0.25) is 0 Å². The Kier molecular flexibility index (Phi) is 3.87.